The molecular formula is C15H22BrNO4. The summed E-state index contributed by atoms with van der Waals surface area (Å²) < 4.78 is 16.5. The summed E-state index contributed by atoms with van der Waals surface area (Å²) in [5, 5.41) is 3.25. The number of carbonyl (C=O) groups excluding carboxylic acids is 1. The summed E-state index contributed by atoms with van der Waals surface area (Å²) in [6, 6.07) is 5.67. The van der Waals surface area contributed by atoms with Crippen molar-refractivity contribution >= 4 is 21.9 Å². The van der Waals surface area contributed by atoms with Crippen LogP contribution in [0.2, 0.25) is 0 Å². The molecule has 6 heteroatoms. The van der Waals surface area contributed by atoms with Crippen molar-refractivity contribution in [3.8, 4) is 5.75 Å². The summed E-state index contributed by atoms with van der Waals surface area (Å²) in [7, 11) is 1.66. The van der Waals surface area contributed by atoms with E-state index in [0.29, 0.717) is 18.9 Å². The van der Waals surface area contributed by atoms with Crippen molar-refractivity contribution in [1.29, 1.82) is 0 Å². The second-order valence-corrected chi connectivity index (χ2v) is 5.66. The Morgan fingerprint density at radius 1 is 1.38 bits per heavy atom. The van der Waals surface area contributed by atoms with Gasteiger partial charge in [-0.1, -0.05) is 15.9 Å². The number of carbonyl (C=O) groups is 1. The fourth-order valence-corrected chi connectivity index (χ4v) is 2.07. The van der Waals surface area contributed by atoms with Gasteiger partial charge in [-0.05, 0) is 32.0 Å². The lowest BCUT2D eigenvalue weighted by Crippen LogP contribution is -2.21. The maximum absolute atomic E-state index is 11.5. The lowest BCUT2D eigenvalue weighted by atomic mass is 10.2. The molecule has 0 aliphatic rings. The first-order valence-corrected chi connectivity index (χ1v) is 7.62. The van der Waals surface area contributed by atoms with E-state index in [1.54, 1.807) is 7.11 Å². The number of hydrogen-bond donors (Lipinski definition) is 1. The Morgan fingerprint density at radius 3 is 2.81 bits per heavy atom. The van der Waals surface area contributed by atoms with Crippen molar-refractivity contribution < 1.29 is 19.0 Å². The lowest BCUT2D eigenvalue weighted by molar-refractivity contribution is -0.149. The molecule has 0 amide bonds. The molecule has 0 heterocycles. The zero-order chi connectivity index (χ0) is 15.7. The van der Waals surface area contributed by atoms with Crippen molar-refractivity contribution in [2.45, 2.75) is 26.5 Å². The third kappa shape index (κ3) is 7.45. The van der Waals surface area contributed by atoms with Crippen molar-refractivity contribution in [3.63, 3.8) is 0 Å². The number of halogens is 1. The molecule has 5 nitrogen and oxygen atoms in total. The molecule has 0 aliphatic heterocycles. The second kappa shape index (κ2) is 9.76. The fraction of sp³-hybridized carbons (Fsp3) is 0.533. The number of nitrogens with one attached hydrogen (secondary N) is 1. The molecule has 0 atom stereocenters. The van der Waals surface area contributed by atoms with Crippen molar-refractivity contribution in [1.82, 2.24) is 5.32 Å². The molecule has 118 valence electrons. The summed E-state index contributed by atoms with van der Waals surface area (Å²) >= 11 is 3.43. The van der Waals surface area contributed by atoms with Gasteiger partial charge < -0.3 is 19.5 Å². The topological polar surface area (TPSA) is 56.8 Å². The summed E-state index contributed by atoms with van der Waals surface area (Å²) in [5.74, 6) is 0.301. The van der Waals surface area contributed by atoms with E-state index in [-0.39, 0.29) is 18.7 Å². The molecule has 0 saturated carbocycles. The van der Waals surface area contributed by atoms with Crippen LogP contribution in [0.3, 0.4) is 0 Å². The molecule has 1 aromatic rings. The van der Waals surface area contributed by atoms with Crippen LogP contribution in [0.5, 0.6) is 5.75 Å². The zero-order valence-electron chi connectivity index (χ0n) is 12.6. The van der Waals surface area contributed by atoms with Crippen LogP contribution in [0.25, 0.3) is 0 Å². The molecule has 1 rings (SSSR count). The van der Waals surface area contributed by atoms with Crippen LogP contribution in [-0.2, 0) is 20.8 Å². The smallest absolute Gasteiger partial charge is 0.344 e. The third-order valence-corrected chi connectivity index (χ3v) is 3.03. The number of methoxy groups -OCH3 is 1. The Morgan fingerprint density at radius 2 is 2.14 bits per heavy atom. The fourth-order valence-electron chi connectivity index (χ4n) is 1.66. The van der Waals surface area contributed by atoms with Gasteiger partial charge in [-0.2, -0.15) is 0 Å². The van der Waals surface area contributed by atoms with E-state index in [1.807, 2.05) is 32.0 Å². The average molecular weight is 360 g/mol. The predicted octanol–water partition coefficient (Wildman–Crippen LogP) is 2.52. The highest BCUT2D eigenvalue weighted by molar-refractivity contribution is 9.10. The van der Waals surface area contributed by atoms with Gasteiger partial charge in [0.25, 0.3) is 0 Å². The van der Waals surface area contributed by atoms with E-state index < -0.39 is 0 Å². The highest BCUT2D eigenvalue weighted by Crippen LogP contribution is 2.23. The highest BCUT2D eigenvalue weighted by atomic mass is 79.9. The monoisotopic (exact) mass is 359 g/mol. The van der Waals surface area contributed by atoms with Gasteiger partial charge in [-0.3, -0.25) is 0 Å². The van der Waals surface area contributed by atoms with Gasteiger partial charge in [-0.25, -0.2) is 4.79 Å². The molecule has 0 aliphatic carbocycles. The second-order valence-electron chi connectivity index (χ2n) is 4.75. The van der Waals surface area contributed by atoms with Crippen molar-refractivity contribution in [2.75, 3.05) is 26.9 Å². The SMILES string of the molecule is COCCNCc1cc(Br)ccc1OCC(=O)OC(C)C. The van der Waals surface area contributed by atoms with Crippen LogP contribution in [-0.4, -0.2) is 38.9 Å². The largest absolute Gasteiger partial charge is 0.482 e. The number of benzene rings is 1. The van der Waals surface area contributed by atoms with Gasteiger partial charge in [-0.15, -0.1) is 0 Å². The highest BCUT2D eigenvalue weighted by Gasteiger charge is 2.09. The molecule has 0 unspecified atom stereocenters. The van der Waals surface area contributed by atoms with E-state index in [1.165, 1.54) is 0 Å². The molecule has 0 radical (unpaired) electrons. The normalized spacial score (nSPS) is 10.7. The van der Waals surface area contributed by atoms with Gasteiger partial charge in [0.1, 0.15) is 5.75 Å². The Balaban J connectivity index is 2.57. The van der Waals surface area contributed by atoms with E-state index in [4.69, 9.17) is 14.2 Å². The van der Waals surface area contributed by atoms with E-state index in [9.17, 15) is 4.79 Å². The van der Waals surface area contributed by atoms with Crippen LogP contribution >= 0.6 is 15.9 Å². The molecule has 0 spiro atoms. The predicted molar refractivity (Wildman–Crippen MR) is 84.4 cm³/mol. The molecular weight excluding hydrogens is 338 g/mol. The molecule has 0 fully saturated rings. The van der Waals surface area contributed by atoms with Gasteiger partial charge >= 0.3 is 5.97 Å². The molecule has 0 bridgehead atoms. The van der Waals surface area contributed by atoms with Gasteiger partial charge in [0.05, 0.1) is 12.7 Å². The molecule has 21 heavy (non-hydrogen) atoms. The number of esters is 1. The molecule has 0 saturated heterocycles. The van der Waals surface area contributed by atoms with Gasteiger partial charge in [0.15, 0.2) is 6.61 Å². The number of hydrogen-bond acceptors (Lipinski definition) is 5. The third-order valence-electron chi connectivity index (χ3n) is 2.53. The minimum Gasteiger partial charge on any atom is -0.482 e. The summed E-state index contributed by atoms with van der Waals surface area (Å²) in [5.41, 5.74) is 0.970. The Hall–Kier alpha value is -1.11. The molecule has 0 aromatic heterocycles. The van der Waals surface area contributed by atoms with Crippen LogP contribution in [0, 0.1) is 0 Å². The maximum atomic E-state index is 11.5. The Kier molecular flexibility index (Phi) is 8.34. The van der Waals surface area contributed by atoms with E-state index in [2.05, 4.69) is 21.2 Å². The average Bonchev–Trinajstić information content (AvgIpc) is 2.42. The summed E-state index contributed by atoms with van der Waals surface area (Å²) in [6.07, 6.45) is -0.138. The van der Waals surface area contributed by atoms with Crippen LogP contribution in [0.4, 0.5) is 0 Å². The van der Waals surface area contributed by atoms with Crippen LogP contribution in [0.1, 0.15) is 19.4 Å². The molecule has 1 N–H and O–H groups in total. The van der Waals surface area contributed by atoms with E-state index >= 15 is 0 Å². The van der Waals surface area contributed by atoms with Crippen LogP contribution in [0.15, 0.2) is 22.7 Å². The first-order valence-electron chi connectivity index (χ1n) is 6.83. The summed E-state index contributed by atoms with van der Waals surface area (Å²) in [6.45, 7) is 5.55. The van der Waals surface area contributed by atoms with Crippen molar-refractivity contribution in [2.24, 2.45) is 0 Å². The van der Waals surface area contributed by atoms with E-state index in [0.717, 1.165) is 16.6 Å². The summed E-state index contributed by atoms with van der Waals surface area (Å²) in [4.78, 5) is 11.5. The standard InChI is InChI=1S/C15H22BrNO4/c1-11(2)21-15(18)10-20-14-5-4-13(16)8-12(14)9-17-6-7-19-3/h4-5,8,11,17H,6-7,9-10H2,1-3H3. The first-order chi connectivity index (χ1) is 10.0. The zero-order valence-corrected chi connectivity index (χ0v) is 14.2. The Bertz CT molecular complexity index is 451. The lowest BCUT2D eigenvalue weighted by Gasteiger charge is -2.13. The van der Waals surface area contributed by atoms with Crippen LogP contribution < -0.4 is 10.1 Å². The van der Waals surface area contributed by atoms with Crippen molar-refractivity contribution in [3.05, 3.63) is 28.2 Å². The van der Waals surface area contributed by atoms with Gasteiger partial charge in [0.2, 0.25) is 0 Å². The number of ether oxygens (including phenoxy) is 3. The maximum Gasteiger partial charge on any atom is 0.344 e. The minimum atomic E-state index is -0.369. The molecule has 1 aromatic carbocycles. The quantitative estimate of drug-likeness (QED) is 0.542. The number of rotatable bonds is 9. The Labute approximate surface area is 134 Å². The minimum absolute atomic E-state index is 0.0924. The first kappa shape index (κ1) is 17.9. The van der Waals surface area contributed by atoms with Gasteiger partial charge in [0, 0.05) is 30.2 Å².